The minimum atomic E-state index is -4.43. The summed E-state index contributed by atoms with van der Waals surface area (Å²) in [6.07, 6.45) is -3.37. The average Bonchev–Trinajstić information content (AvgIpc) is 2.39. The topological polar surface area (TPSA) is 24.9 Å². The number of nitrogens with zero attached hydrogens (tertiary/aromatic N) is 1. The lowest BCUT2D eigenvalue weighted by molar-refractivity contribution is -0.137. The molecule has 2 rings (SSSR count). The number of hydrogen-bond donors (Lipinski definition) is 1. The number of anilines is 1. The van der Waals surface area contributed by atoms with Gasteiger partial charge in [-0.15, -0.1) is 0 Å². The maximum absolute atomic E-state index is 13.5. The van der Waals surface area contributed by atoms with Crippen molar-refractivity contribution < 1.29 is 17.6 Å². The molecule has 0 aliphatic carbocycles. The van der Waals surface area contributed by atoms with Crippen LogP contribution in [0.4, 0.5) is 23.4 Å². The largest absolute Gasteiger partial charge is 0.416 e. The highest BCUT2D eigenvalue weighted by Gasteiger charge is 2.30. The first kappa shape index (κ1) is 14.8. The summed E-state index contributed by atoms with van der Waals surface area (Å²) in [5.74, 6) is -0.396. The van der Waals surface area contributed by atoms with Crippen LogP contribution in [0.1, 0.15) is 11.1 Å². The van der Waals surface area contributed by atoms with Gasteiger partial charge < -0.3 is 5.32 Å². The molecule has 2 nitrogen and oxygen atoms in total. The molecule has 106 valence electrons. The maximum atomic E-state index is 13.5. The van der Waals surface area contributed by atoms with Crippen LogP contribution >= 0.6 is 15.9 Å². The fourth-order valence-corrected chi connectivity index (χ4v) is 1.98. The van der Waals surface area contributed by atoms with Crippen LogP contribution in [0.3, 0.4) is 0 Å². The van der Waals surface area contributed by atoms with Crippen molar-refractivity contribution in [2.45, 2.75) is 12.7 Å². The second kappa shape index (κ2) is 5.78. The van der Waals surface area contributed by atoms with E-state index in [1.807, 2.05) is 0 Å². The van der Waals surface area contributed by atoms with Gasteiger partial charge in [0.1, 0.15) is 11.6 Å². The van der Waals surface area contributed by atoms with Crippen LogP contribution in [-0.4, -0.2) is 4.98 Å². The molecule has 0 aliphatic heterocycles. The Hall–Kier alpha value is -1.63. The van der Waals surface area contributed by atoms with Gasteiger partial charge in [-0.3, -0.25) is 0 Å². The molecule has 7 heteroatoms. The minimum Gasteiger partial charge on any atom is -0.366 e. The van der Waals surface area contributed by atoms with Crippen molar-refractivity contribution in [2.24, 2.45) is 0 Å². The van der Waals surface area contributed by atoms with Crippen molar-refractivity contribution in [3.05, 3.63) is 57.9 Å². The highest BCUT2D eigenvalue weighted by atomic mass is 79.9. The zero-order valence-corrected chi connectivity index (χ0v) is 11.6. The molecule has 0 unspecified atom stereocenters. The Balaban J connectivity index is 2.13. The number of alkyl halides is 3. The molecular formula is C13H9BrF4N2. The Bertz CT molecular complexity index is 614. The third-order valence-corrected chi connectivity index (χ3v) is 3.05. The summed E-state index contributed by atoms with van der Waals surface area (Å²) in [6.45, 7) is 0.0413. The molecule has 0 saturated carbocycles. The first-order valence-electron chi connectivity index (χ1n) is 5.57. The lowest BCUT2D eigenvalue weighted by atomic mass is 10.2. The van der Waals surface area contributed by atoms with Crippen LogP contribution in [0.25, 0.3) is 0 Å². The molecule has 0 radical (unpaired) electrons. The summed E-state index contributed by atoms with van der Waals surface area (Å²) in [5, 5.41) is 2.67. The smallest absolute Gasteiger partial charge is 0.366 e. The molecule has 0 bridgehead atoms. The standard InChI is InChI=1S/C13H9BrF4N2/c14-10-1-2-11(15)8(5-10)7-20-12-6-9(3-4-19-12)13(16,17)18/h1-6H,7H2,(H,19,20). The number of nitrogens with one attached hydrogen (secondary N) is 1. The van der Waals surface area contributed by atoms with Crippen molar-refractivity contribution >= 4 is 21.7 Å². The summed E-state index contributed by atoms with van der Waals surface area (Å²) >= 11 is 3.20. The Labute approximate surface area is 121 Å². The van der Waals surface area contributed by atoms with E-state index in [4.69, 9.17) is 0 Å². The van der Waals surface area contributed by atoms with E-state index >= 15 is 0 Å². The molecule has 0 spiro atoms. The minimum absolute atomic E-state index is 0.0409. The SMILES string of the molecule is Fc1ccc(Br)cc1CNc1cc(C(F)(F)F)ccn1. The highest BCUT2D eigenvalue weighted by molar-refractivity contribution is 9.10. The Morgan fingerprint density at radius 2 is 1.90 bits per heavy atom. The van der Waals surface area contributed by atoms with Crippen LogP contribution in [0.5, 0.6) is 0 Å². The molecule has 1 aromatic heterocycles. The van der Waals surface area contributed by atoms with Gasteiger partial charge in [0.15, 0.2) is 0 Å². The molecule has 2 aromatic rings. The van der Waals surface area contributed by atoms with Gasteiger partial charge in [-0.1, -0.05) is 15.9 Å². The van der Waals surface area contributed by atoms with E-state index in [-0.39, 0.29) is 12.4 Å². The number of halogens is 5. The lowest BCUT2D eigenvalue weighted by Gasteiger charge is -2.10. The maximum Gasteiger partial charge on any atom is 0.416 e. The normalized spacial score (nSPS) is 11.4. The quantitative estimate of drug-likeness (QED) is 0.819. The Kier molecular flexibility index (Phi) is 4.27. The predicted octanol–water partition coefficient (Wildman–Crippen LogP) is 4.61. The molecule has 1 aromatic carbocycles. The van der Waals surface area contributed by atoms with E-state index in [2.05, 4.69) is 26.2 Å². The second-order valence-corrected chi connectivity index (χ2v) is 4.93. The number of hydrogen-bond acceptors (Lipinski definition) is 2. The summed E-state index contributed by atoms with van der Waals surface area (Å²) in [5.41, 5.74) is -0.469. The number of rotatable bonds is 3. The van der Waals surface area contributed by atoms with Gasteiger partial charge in [0, 0.05) is 22.8 Å². The predicted molar refractivity (Wildman–Crippen MR) is 70.7 cm³/mol. The zero-order valence-electron chi connectivity index (χ0n) is 10.0. The first-order chi connectivity index (χ1) is 9.36. The summed E-state index contributed by atoms with van der Waals surface area (Å²) in [6, 6.07) is 6.14. The summed E-state index contributed by atoms with van der Waals surface area (Å²) < 4.78 is 51.7. The van der Waals surface area contributed by atoms with E-state index in [0.717, 1.165) is 18.3 Å². The fourth-order valence-electron chi connectivity index (χ4n) is 1.57. The third-order valence-electron chi connectivity index (χ3n) is 2.55. The number of aromatic nitrogens is 1. The van der Waals surface area contributed by atoms with Gasteiger partial charge in [-0.25, -0.2) is 9.37 Å². The van der Waals surface area contributed by atoms with Gasteiger partial charge in [-0.2, -0.15) is 13.2 Å². The molecule has 0 aliphatic rings. The van der Waals surface area contributed by atoms with Crippen molar-refractivity contribution in [3.8, 4) is 0 Å². The van der Waals surface area contributed by atoms with Crippen LogP contribution in [-0.2, 0) is 12.7 Å². The zero-order chi connectivity index (χ0) is 14.8. The Morgan fingerprint density at radius 1 is 1.15 bits per heavy atom. The van der Waals surface area contributed by atoms with E-state index < -0.39 is 17.6 Å². The first-order valence-corrected chi connectivity index (χ1v) is 6.36. The van der Waals surface area contributed by atoms with Gasteiger partial charge in [-0.05, 0) is 30.3 Å². The Morgan fingerprint density at radius 3 is 2.60 bits per heavy atom. The van der Waals surface area contributed by atoms with E-state index in [1.165, 1.54) is 6.07 Å². The fraction of sp³-hybridized carbons (Fsp3) is 0.154. The van der Waals surface area contributed by atoms with Crippen molar-refractivity contribution in [3.63, 3.8) is 0 Å². The van der Waals surface area contributed by atoms with Crippen molar-refractivity contribution in [1.29, 1.82) is 0 Å². The lowest BCUT2D eigenvalue weighted by Crippen LogP contribution is -2.08. The van der Waals surface area contributed by atoms with Crippen LogP contribution < -0.4 is 5.32 Å². The molecule has 1 N–H and O–H groups in total. The summed E-state index contributed by atoms with van der Waals surface area (Å²) in [7, 11) is 0. The summed E-state index contributed by atoms with van der Waals surface area (Å²) in [4.78, 5) is 3.77. The van der Waals surface area contributed by atoms with Crippen molar-refractivity contribution in [2.75, 3.05) is 5.32 Å². The van der Waals surface area contributed by atoms with E-state index in [1.54, 1.807) is 12.1 Å². The number of benzene rings is 1. The molecule has 0 amide bonds. The molecule has 20 heavy (non-hydrogen) atoms. The third kappa shape index (κ3) is 3.69. The van der Waals surface area contributed by atoms with E-state index in [0.29, 0.717) is 10.0 Å². The molecule has 0 atom stereocenters. The van der Waals surface area contributed by atoms with Gasteiger partial charge >= 0.3 is 6.18 Å². The van der Waals surface area contributed by atoms with Gasteiger partial charge in [0.05, 0.1) is 5.56 Å². The van der Waals surface area contributed by atoms with E-state index in [9.17, 15) is 17.6 Å². The molecule has 0 fully saturated rings. The molecule has 1 heterocycles. The monoisotopic (exact) mass is 348 g/mol. The van der Waals surface area contributed by atoms with Crippen LogP contribution in [0, 0.1) is 5.82 Å². The van der Waals surface area contributed by atoms with Crippen LogP contribution in [0.2, 0.25) is 0 Å². The van der Waals surface area contributed by atoms with Gasteiger partial charge in [0.2, 0.25) is 0 Å². The van der Waals surface area contributed by atoms with Crippen molar-refractivity contribution in [1.82, 2.24) is 4.98 Å². The van der Waals surface area contributed by atoms with Gasteiger partial charge in [0.25, 0.3) is 0 Å². The highest BCUT2D eigenvalue weighted by Crippen LogP contribution is 2.30. The molecule has 0 saturated heterocycles. The number of pyridine rings is 1. The second-order valence-electron chi connectivity index (χ2n) is 4.02. The van der Waals surface area contributed by atoms with Crippen LogP contribution in [0.15, 0.2) is 41.0 Å². The average molecular weight is 349 g/mol. The molecular weight excluding hydrogens is 340 g/mol.